The Hall–Kier alpha value is -1.57. The number of amides is 1. The summed E-state index contributed by atoms with van der Waals surface area (Å²) in [5.41, 5.74) is -2.19. The van der Waals surface area contributed by atoms with Gasteiger partial charge in [-0.05, 0) is 32.1 Å². The van der Waals surface area contributed by atoms with Gasteiger partial charge in [0.2, 0.25) is 0 Å². The third-order valence-electron chi connectivity index (χ3n) is 4.39. The molecular weight excluding hydrogens is 282 g/mol. The Kier molecular flexibility index (Phi) is 3.43. The molecule has 0 bridgehead atoms. The van der Waals surface area contributed by atoms with E-state index in [0.29, 0.717) is 12.2 Å². The van der Waals surface area contributed by atoms with Gasteiger partial charge in [-0.3, -0.25) is 4.79 Å². The molecule has 1 amide bonds. The zero-order valence-corrected chi connectivity index (χ0v) is 11.6. The van der Waals surface area contributed by atoms with Gasteiger partial charge >= 0.3 is 5.92 Å². The Balaban J connectivity index is 1.65. The Bertz CT molecular complexity index is 554. The molecule has 116 valence electrons. The number of rotatable bonds is 4. The number of hydrogen-bond acceptors (Lipinski definition) is 4. The van der Waals surface area contributed by atoms with Gasteiger partial charge < -0.3 is 15.0 Å². The van der Waals surface area contributed by atoms with Gasteiger partial charge in [0.05, 0.1) is 6.54 Å². The summed E-state index contributed by atoms with van der Waals surface area (Å²) in [6.07, 6.45) is 3.26. The lowest BCUT2D eigenvalue weighted by atomic mass is 9.75. The Morgan fingerprint density at radius 3 is 2.76 bits per heavy atom. The van der Waals surface area contributed by atoms with E-state index in [2.05, 4.69) is 15.5 Å². The van der Waals surface area contributed by atoms with E-state index in [0.717, 1.165) is 31.6 Å². The van der Waals surface area contributed by atoms with Gasteiger partial charge in [-0.15, -0.1) is 10.2 Å². The van der Waals surface area contributed by atoms with Crippen molar-refractivity contribution >= 4 is 5.91 Å². The molecule has 0 saturated heterocycles. The van der Waals surface area contributed by atoms with Crippen LogP contribution in [0, 0.1) is 0 Å². The van der Waals surface area contributed by atoms with E-state index >= 15 is 0 Å². The van der Waals surface area contributed by atoms with Crippen LogP contribution in [-0.4, -0.2) is 37.3 Å². The molecule has 1 saturated carbocycles. The Labute approximate surface area is 120 Å². The lowest BCUT2D eigenvalue weighted by Crippen LogP contribution is -2.60. The molecule has 8 heteroatoms. The molecule has 0 spiro atoms. The van der Waals surface area contributed by atoms with Crippen molar-refractivity contribution < 1.29 is 18.7 Å². The zero-order valence-electron chi connectivity index (χ0n) is 11.6. The van der Waals surface area contributed by atoms with Crippen molar-refractivity contribution in [3.63, 3.8) is 0 Å². The second-order valence-electron chi connectivity index (χ2n) is 5.78. The van der Waals surface area contributed by atoms with Crippen molar-refractivity contribution in [1.82, 2.24) is 20.1 Å². The van der Waals surface area contributed by atoms with Crippen LogP contribution in [0.25, 0.3) is 0 Å². The first-order valence-electron chi connectivity index (χ1n) is 7.23. The van der Waals surface area contributed by atoms with Gasteiger partial charge in [-0.1, -0.05) is 0 Å². The minimum absolute atomic E-state index is 0.0479. The second-order valence-corrected chi connectivity index (χ2v) is 5.78. The second kappa shape index (κ2) is 5.01. The number of nitrogens with one attached hydrogen (secondary N) is 1. The van der Waals surface area contributed by atoms with Crippen molar-refractivity contribution in [2.45, 2.75) is 63.1 Å². The number of aromatic nitrogens is 3. The summed E-state index contributed by atoms with van der Waals surface area (Å²) >= 11 is 0. The van der Waals surface area contributed by atoms with Crippen molar-refractivity contribution in [2.24, 2.45) is 0 Å². The van der Waals surface area contributed by atoms with E-state index < -0.39 is 17.4 Å². The van der Waals surface area contributed by atoms with Crippen LogP contribution in [0.3, 0.4) is 0 Å². The molecule has 0 unspecified atom stereocenters. The summed E-state index contributed by atoms with van der Waals surface area (Å²) in [5, 5.41) is 19.8. The number of carbonyl (C=O) groups is 1. The predicted octanol–water partition coefficient (Wildman–Crippen LogP) is 0.781. The fourth-order valence-electron chi connectivity index (χ4n) is 2.81. The third-order valence-corrected chi connectivity index (χ3v) is 4.39. The monoisotopic (exact) mass is 300 g/mol. The smallest absolute Gasteiger partial charge is 0.352 e. The first kappa shape index (κ1) is 14.4. The summed E-state index contributed by atoms with van der Waals surface area (Å²) in [6.45, 7) is 0.644. The number of halogens is 2. The van der Waals surface area contributed by atoms with Crippen LogP contribution in [-0.2, 0) is 24.3 Å². The molecule has 0 radical (unpaired) electrons. The van der Waals surface area contributed by atoms with Crippen LogP contribution in [0.5, 0.6) is 0 Å². The van der Waals surface area contributed by atoms with Crippen molar-refractivity contribution in [1.29, 1.82) is 0 Å². The number of carbonyl (C=O) groups excluding carboxylic acids is 1. The maximum Gasteiger partial charge on any atom is 0.352 e. The van der Waals surface area contributed by atoms with E-state index in [9.17, 15) is 18.7 Å². The molecule has 2 heterocycles. The molecule has 1 aliphatic heterocycles. The Morgan fingerprint density at radius 2 is 2.10 bits per heavy atom. The number of fused-ring (bicyclic) bond motifs is 1. The molecular formula is C13H18F2N4O2. The molecule has 2 N–H and O–H groups in total. The summed E-state index contributed by atoms with van der Waals surface area (Å²) < 4.78 is 29.7. The third kappa shape index (κ3) is 2.31. The summed E-state index contributed by atoms with van der Waals surface area (Å²) in [5.74, 6) is -3.90. The SMILES string of the molecule is O=C(NCc1nnc2n1CCCC2)C(F)(F)C1(O)CCC1. The lowest BCUT2D eigenvalue weighted by Gasteiger charge is -2.41. The van der Waals surface area contributed by atoms with Crippen molar-refractivity contribution in [2.75, 3.05) is 0 Å². The number of hydrogen-bond donors (Lipinski definition) is 2. The van der Waals surface area contributed by atoms with Crippen molar-refractivity contribution in [3.05, 3.63) is 11.6 Å². The van der Waals surface area contributed by atoms with Gasteiger partial charge in [-0.2, -0.15) is 8.78 Å². The molecule has 0 aromatic carbocycles. The standard InChI is InChI=1S/C13H18F2N4O2/c14-13(15,12(21)5-3-6-12)11(20)16-8-10-18-17-9-4-1-2-7-19(9)10/h21H,1-8H2,(H,16,20). The van der Waals surface area contributed by atoms with Gasteiger partial charge in [-0.25, -0.2) is 0 Å². The average Bonchev–Trinajstić information content (AvgIpc) is 2.85. The molecule has 3 rings (SSSR count). The molecule has 1 aromatic rings. The number of alkyl halides is 2. The minimum Gasteiger partial charge on any atom is -0.383 e. The number of nitrogens with zero attached hydrogens (tertiary/aromatic N) is 3. The van der Waals surface area contributed by atoms with Gasteiger partial charge in [0, 0.05) is 13.0 Å². The Morgan fingerprint density at radius 1 is 1.33 bits per heavy atom. The highest BCUT2D eigenvalue weighted by Crippen LogP contribution is 2.44. The van der Waals surface area contributed by atoms with E-state index in [1.54, 1.807) is 0 Å². The molecule has 1 fully saturated rings. The van der Waals surface area contributed by atoms with Crippen molar-refractivity contribution in [3.8, 4) is 0 Å². The lowest BCUT2D eigenvalue weighted by molar-refractivity contribution is -0.216. The van der Waals surface area contributed by atoms with Gasteiger partial charge in [0.1, 0.15) is 11.4 Å². The van der Waals surface area contributed by atoms with Crippen LogP contribution in [0.1, 0.15) is 43.8 Å². The molecule has 1 aromatic heterocycles. The predicted molar refractivity (Wildman–Crippen MR) is 68.6 cm³/mol. The summed E-state index contributed by atoms with van der Waals surface area (Å²) in [4.78, 5) is 11.7. The van der Waals surface area contributed by atoms with E-state index in [1.165, 1.54) is 0 Å². The van der Waals surface area contributed by atoms with Crippen LogP contribution in [0.15, 0.2) is 0 Å². The van der Waals surface area contributed by atoms with Crippen LogP contribution in [0.2, 0.25) is 0 Å². The van der Waals surface area contributed by atoms with E-state index in [4.69, 9.17) is 0 Å². The molecule has 0 atom stereocenters. The maximum atomic E-state index is 13.9. The normalized spacial score (nSPS) is 20.5. The fraction of sp³-hybridized carbons (Fsp3) is 0.769. The fourth-order valence-corrected chi connectivity index (χ4v) is 2.81. The summed E-state index contributed by atoms with van der Waals surface area (Å²) in [6, 6.07) is 0. The first-order chi connectivity index (χ1) is 9.94. The maximum absolute atomic E-state index is 13.9. The number of aryl methyl sites for hydroxylation is 1. The van der Waals surface area contributed by atoms with Gasteiger partial charge in [0.15, 0.2) is 5.82 Å². The van der Waals surface area contributed by atoms with Crippen LogP contribution < -0.4 is 5.32 Å². The minimum atomic E-state index is -3.77. The highest BCUT2D eigenvalue weighted by atomic mass is 19.3. The van der Waals surface area contributed by atoms with Crippen LogP contribution >= 0.6 is 0 Å². The molecule has 1 aliphatic carbocycles. The zero-order chi connectivity index (χ0) is 15.1. The summed E-state index contributed by atoms with van der Waals surface area (Å²) in [7, 11) is 0. The average molecular weight is 300 g/mol. The largest absolute Gasteiger partial charge is 0.383 e. The quantitative estimate of drug-likeness (QED) is 0.861. The highest BCUT2D eigenvalue weighted by Gasteiger charge is 2.61. The van der Waals surface area contributed by atoms with E-state index in [-0.39, 0.29) is 19.4 Å². The van der Waals surface area contributed by atoms with Crippen LogP contribution in [0.4, 0.5) is 8.78 Å². The highest BCUT2D eigenvalue weighted by molar-refractivity contribution is 5.85. The molecule has 21 heavy (non-hydrogen) atoms. The first-order valence-corrected chi connectivity index (χ1v) is 7.23. The van der Waals surface area contributed by atoms with Gasteiger partial charge in [0.25, 0.3) is 5.91 Å². The number of aliphatic hydroxyl groups is 1. The molecule has 6 nitrogen and oxygen atoms in total. The molecule has 2 aliphatic rings. The van der Waals surface area contributed by atoms with E-state index in [1.807, 2.05) is 4.57 Å². The topological polar surface area (TPSA) is 80.0 Å².